The van der Waals surface area contributed by atoms with Crippen LogP contribution in [0.15, 0.2) is 12.1 Å². The van der Waals surface area contributed by atoms with Crippen LogP contribution >= 0.6 is 0 Å². The van der Waals surface area contributed by atoms with E-state index >= 15 is 0 Å². The number of hydrogen-bond acceptors (Lipinski definition) is 6. The minimum Gasteiger partial charge on any atom is -0.481 e. The number of aliphatic carboxylic acids is 1. The van der Waals surface area contributed by atoms with Crippen molar-refractivity contribution in [3.05, 3.63) is 17.8 Å². The molecule has 1 aromatic heterocycles. The Bertz CT molecular complexity index is 519. The molecule has 1 aromatic rings. The summed E-state index contributed by atoms with van der Waals surface area (Å²) in [5, 5.41) is 19.6. The molecule has 0 saturated carbocycles. The van der Waals surface area contributed by atoms with E-state index in [2.05, 4.69) is 15.5 Å². The molecule has 2 rings (SSSR count). The highest BCUT2D eigenvalue weighted by Gasteiger charge is 2.38. The molecule has 1 aliphatic heterocycles. The second-order valence-electron chi connectivity index (χ2n) is 4.69. The summed E-state index contributed by atoms with van der Waals surface area (Å²) < 4.78 is 5.28. The lowest BCUT2D eigenvalue weighted by Gasteiger charge is -2.29. The van der Waals surface area contributed by atoms with Crippen molar-refractivity contribution >= 4 is 17.7 Å². The second-order valence-corrected chi connectivity index (χ2v) is 4.69. The number of anilines is 1. The number of carboxylic acid groups (broad SMARTS) is 1. The number of nitrogens with zero attached hydrogens (tertiary/aromatic N) is 3. The zero-order valence-electron chi connectivity index (χ0n) is 11.9. The first-order chi connectivity index (χ1) is 10.1. The first kappa shape index (κ1) is 15.2. The summed E-state index contributed by atoms with van der Waals surface area (Å²) in [6.45, 7) is 3.02. The lowest BCUT2D eigenvalue weighted by atomic mass is 10.0. The van der Waals surface area contributed by atoms with Crippen LogP contribution in [0.2, 0.25) is 0 Å². The van der Waals surface area contributed by atoms with Gasteiger partial charge in [-0.15, -0.1) is 10.2 Å². The highest BCUT2D eigenvalue weighted by atomic mass is 16.5. The minimum atomic E-state index is -0.883. The molecule has 8 nitrogen and oxygen atoms in total. The Balaban J connectivity index is 2.21. The van der Waals surface area contributed by atoms with Gasteiger partial charge in [0.1, 0.15) is 5.92 Å². The normalized spacial score (nSPS) is 21.0. The number of amides is 1. The van der Waals surface area contributed by atoms with E-state index in [0.717, 1.165) is 0 Å². The highest BCUT2D eigenvalue weighted by molar-refractivity contribution is 5.91. The van der Waals surface area contributed by atoms with Gasteiger partial charge in [-0.1, -0.05) is 0 Å². The Morgan fingerprint density at radius 3 is 2.71 bits per heavy atom. The smallest absolute Gasteiger partial charge is 0.311 e. The van der Waals surface area contributed by atoms with Crippen LogP contribution in [0.1, 0.15) is 17.4 Å². The van der Waals surface area contributed by atoms with Crippen LogP contribution in [0.5, 0.6) is 0 Å². The van der Waals surface area contributed by atoms with Gasteiger partial charge in [-0.3, -0.25) is 9.59 Å². The molecule has 0 radical (unpaired) electrons. The van der Waals surface area contributed by atoms with Crippen molar-refractivity contribution in [2.45, 2.75) is 13.0 Å². The van der Waals surface area contributed by atoms with Gasteiger partial charge in [-0.2, -0.15) is 0 Å². The van der Waals surface area contributed by atoms with Crippen LogP contribution in [0, 0.1) is 5.92 Å². The monoisotopic (exact) mass is 294 g/mol. The summed E-state index contributed by atoms with van der Waals surface area (Å²) in [6, 6.07) is 2.95. The third-order valence-electron chi connectivity index (χ3n) is 3.51. The van der Waals surface area contributed by atoms with E-state index in [1.165, 1.54) is 7.05 Å². The molecule has 0 bridgehead atoms. The maximum absolute atomic E-state index is 11.4. The number of carbonyl (C=O) groups is 2. The largest absolute Gasteiger partial charge is 0.481 e. The number of likely N-dealkylation sites (N-methyl/N-ethyl adjacent to an activating group) is 1. The number of rotatable bonds is 5. The van der Waals surface area contributed by atoms with Crippen molar-refractivity contribution in [3.63, 3.8) is 0 Å². The summed E-state index contributed by atoms with van der Waals surface area (Å²) in [5.41, 5.74) is 0.217. The number of nitrogens with one attached hydrogen (secondary N) is 1. The summed E-state index contributed by atoms with van der Waals surface area (Å²) in [7, 11) is 1.52. The Labute approximate surface area is 122 Å². The Morgan fingerprint density at radius 2 is 2.19 bits per heavy atom. The minimum absolute atomic E-state index is 0.195. The molecule has 2 unspecified atom stereocenters. The van der Waals surface area contributed by atoms with Crippen molar-refractivity contribution in [3.8, 4) is 0 Å². The molecule has 1 saturated heterocycles. The van der Waals surface area contributed by atoms with Crippen molar-refractivity contribution < 1.29 is 19.4 Å². The predicted octanol–water partition coefficient (Wildman–Crippen LogP) is -0.238. The number of hydrogen-bond donors (Lipinski definition) is 2. The average molecular weight is 294 g/mol. The van der Waals surface area contributed by atoms with E-state index < -0.39 is 11.9 Å². The van der Waals surface area contributed by atoms with E-state index in [-0.39, 0.29) is 24.2 Å². The summed E-state index contributed by atoms with van der Waals surface area (Å²) in [5.74, 6) is -1.26. The SMILES string of the molecule is CCN(c1ccc(C(=O)NC)nn1)C1COCC1C(=O)O. The van der Waals surface area contributed by atoms with Gasteiger partial charge in [-0.05, 0) is 19.1 Å². The van der Waals surface area contributed by atoms with Gasteiger partial charge in [0.25, 0.3) is 5.91 Å². The van der Waals surface area contributed by atoms with Crippen LogP contribution < -0.4 is 10.2 Å². The molecule has 2 N–H and O–H groups in total. The van der Waals surface area contributed by atoms with Crippen LogP contribution in [-0.4, -0.2) is 60.0 Å². The molecule has 1 fully saturated rings. The quantitative estimate of drug-likeness (QED) is 0.772. The molecule has 0 aliphatic carbocycles. The van der Waals surface area contributed by atoms with Gasteiger partial charge in [0.05, 0.1) is 19.3 Å². The first-order valence-corrected chi connectivity index (χ1v) is 6.71. The molecule has 2 heterocycles. The van der Waals surface area contributed by atoms with E-state index in [0.29, 0.717) is 19.0 Å². The van der Waals surface area contributed by atoms with Gasteiger partial charge in [0, 0.05) is 13.6 Å². The number of ether oxygens (including phenoxy) is 1. The fourth-order valence-electron chi connectivity index (χ4n) is 2.38. The highest BCUT2D eigenvalue weighted by Crippen LogP contribution is 2.24. The maximum atomic E-state index is 11.4. The molecule has 1 amide bonds. The molecule has 0 aromatic carbocycles. The lowest BCUT2D eigenvalue weighted by molar-refractivity contribution is -0.141. The van der Waals surface area contributed by atoms with Gasteiger partial charge >= 0.3 is 5.97 Å². The molecular weight excluding hydrogens is 276 g/mol. The predicted molar refractivity (Wildman–Crippen MR) is 74.2 cm³/mol. The lowest BCUT2D eigenvalue weighted by Crippen LogP contribution is -2.43. The van der Waals surface area contributed by atoms with E-state index in [4.69, 9.17) is 4.74 Å². The van der Waals surface area contributed by atoms with E-state index in [1.54, 1.807) is 12.1 Å². The Hall–Kier alpha value is -2.22. The van der Waals surface area contributed by atoms with Crippen molar-refractivity contribution in [1.82, 2.24) is 15.5 Å². The first-order valence-electron chi connectivity index (χ1n) is 6.71. The van der Waals surface area contributed by atoms with Gasteiger partial charge in [0.15, 0.2) is 11.5 Å². The van der Waals surface area contributed by atoms with Crippen LogP contribution in [0.25, 0.3) is 0 Å². The van der Waals surface area contributed by atoms with Crippen molar-refractivity contribution in [2.75, 3.05) is 31.7 Å². The molecule has 8 heteroatoms. The fraction of sp³-hybridized carbons (Fsp3) is 0.538. The van der Waals surface area contributed by atoms with E-state index in [9.17, 15) is 14.7 Å². The summed E-state index contributed by atoms with van der Waals surface area (Å²) >= 11 is 0. The molecule has 0 spiro atoms. The maximum Gasteiger partial charge on any atom is 0.311 e. The Morgan fingerprint density at radius 1 is 1.43 bits per heavy atom. The molecule has 21 heavy (non-hydrogen) atoms. The Kier molecular flexibility index (Phi) is 4.69. The number of aromatic nitrogens is 2. The zero-order chi connectivity index (χ0) is 15.4. The third-order valence-corrected chi connectivity index (χ3v) is 3.51. The summed E-state index contributed by atoms with van der Waals surface area (Å²) in [6.07, 6.45) is 0. The van der Waals surface area contributed by atoms with Crippen LogP contribution in [-0.2, 0) is 9.53 Å². The summed E-state index contributed by atoms with van der Waals surface area (Å²) in [4.78, 5) is 24.5. The zero-order valence-corrected chi connectivity index (χ0v) is 11.9. The van der Waals surface area contributed by atoms with Gasteiger partial charge in [-0.25, -0.2) is 0 Å². The van der Waals surface area contributed by atoms with Crippen LogP contribution in [0.3, 0.4) is 0 Å². The second kappa shape index (κ2) is 6.49. The molecule has 2 atom stereocenters. The molecule has 114 valence electrons. The number of carbonyl (C=O) groups excluding carboxylic acids is 1. The molecule has 1 aliphatic rings. The van der Waals surface area contributed by atoms with Gasteiger partial charge in [0.2, 0.25) is 0 Å². The van der Waals surface area contributed by atoms with E-state index in [1.807, 2.05) is 11.8 Å². The standard InChI is InChI=1S/C13H18N4O4/c1-3-17(10-7-21-6-8(10)13(19)20)11-5-4-9(15-16-11)12(18)14-2/h4-5,8,10H,3,6-7H2,1-2H3,(H,14,18)(H,19,20). The van der Waals surface area contributed by atoms with Gasteiger partial charge < -0.3 is 20.1 Å². The van der Waals surface area contributed by atoms with Crippen molar-refractivity contribution in [2.24, 2.45) is 5.92 Å². The van der Waals surface area contributed by atoms with Crippen LogP contribution in [0.4, 0.5) is 5.82 Å². The molecular formula is C13H18N4O4. The fourth-order valence-corrected chi connectivity index (χ4v) is 2.38. The third kappa shape index (κ3) is 3.10. The topological polar surface area (TPSA) is 105 Å². The van der Waals surface area contributed by atoms with Crippen molar-refractivity contribution in [1.29, 1.82) is 0 Å². The average Bonchev–Trinajstić information content (AvgIpc) is 2.97. The number of carboxylic acids is 1.